The molecule has 0 heterocycles. The van der Waals surface area contributed by atoms with Crippen LogP contribution in [0.5, 0.6) is 0 Å². The second-order valence-corrected chi connectivity index (χ2v) is 1.65. The van der Waals surface area contributed by atoms with Gasteiger partial charge in [0.25, 0.3) is 0 Å². The summed E-state index contributed by atoms with van der Waals surface area (Å²) in [7, 11) is 0. The zero-order valence-electron chi connectivity index (χ0n) is 6.39. The van der Waals surface area contributed by atoms with Crippen LogP contribution < -0.4 is 5.73 Å². The Bertz CT molecular complexity index is 205. The summed E-state index contributed by atoms with van der Waals surface area (Å²) in [4.78, 5) is 3.98. The van der Waals surface area contributed by atoms with Gasteiger partial charge in [-0.2, -0.15) is 0 Å². The van der Waals surface area contributed by atoms with E-state index in [0.717, 1.165) is 5.70 Å². The monoisotopic (exact) mass is 136 g/mol. The highest BCUT2D eigenvalue weighted by atomic mass is 14.8. The van der Waals surface area contributed by atoms with Crippen LogP contribution in [0.2, 0.25) is 0 Å². The fraction of sp³-hybridized carbons (Fsp3) is 0.250. The topological polar surface area (TPSA) is 38.4 Å². The summed E-state index contributed by atoms with van der Waals surface area (Å²) in [6.07, 6.45) is 3.49. The predicted octanol–water partition coefficient (Wildman–Crippen LogP) is 1.61. The second kappa shape index (κ2) is 4.59. The van der Waals surface area contributed by atoms with Crippen LogP contribution in [-0.2, 0) is 0 Å². The van der Waals surface area contributed by atoms with Crippen LogP contribution in [0.25, 0.3) is 0 Å². The summed E-state index contributed by atoms with van der Waals surface area (Å²) in [5.74, 6) is 0. The molecule has 0 bridgehead atoms. The minimum absolute atomic E-state index is 0.487. The number of hydrogen-bond donors (Lipinski definition) is 1. The van der Waals surface area contributed by atoms with Crippen LogP contribution in [0, 0.1) is 0 Å². The molecule has 0 saturated carbocycles. The first-order valence-corrected chi connectivity index (χ1v) is 3.07. The largest absolute Gasteiger partial charge is 0.391 e. The molecule has 0 aliphatic heterocycles. The molecule has 2 heteroatoms. The standard InChI is InChI=1S/C8H12N2/c1-4-7(9)8(5-2)10-6-3/h5-6H,1,9H2,2-3H3/b8-5-,10-6-. The van der Waals surface area contributed by atoms with Crippen LogP contribution >= 0.6 is 0 Å². The average Bonchev–Trinajstić information content (AvgIpc) is 1.99. The molecular weight excluding hydrogens is 124 g/mol. The lowest BCUT2D eigenvalue weighted by molar-refractivity contribution is 1.24. The normalized spacial score (nSPS) is 11.6. The Hall–Kier alpha value is -1.27. The predicted molar refractivity (Wildman–Crippen MR) is 44.8 cm³/mol. The number of nitrogens with zero attached hydrogens (tertiary/aromatic N) is 1. The van der Waals surface area contributed by atoms with Crippen molar-refractivity contribution < 1.29 is 0 Å². The summed E-state index contributed by atoms with van der Waals surface area (Å²) < 4.78 is 0. The van der Waals surface area contributed by atoms with Gasteiger partial charge in [-0.15, -0.1) is 5.73 Å². The highest BCUT2D eigenvalue weighted by Crippen LogP contribution is 2.01. The van der Waals surface area contributed by atoms with Gasteiger partial charge in [-0.25, -0.2) is 0 Å². The van der Waals surface area contributed by atoms with E-state index in [9.17, 15) is 0 Å². The van der Waals surface area contributed by atoms with Crippen molar-refractivity contribution in [3.05, 3.63) is 29.8 Å². The number of rotatable bonds is 2. The third-order valence-electron chi connectivity index (χ3n) is 1.01. The van der Waals surface area contributed by atoms with Gasteiger partial charge in [0, 0.05) is 6.21 Å². The van der Waals surface area contributed by atoms with Crippen molar-refractivity contribution in [3.63, 3.8) is 0 Å². The summed E-state index contributed by atoms with van der Waals surface area (Å²) in [6.45, 7) is 7.11. The minimum Gasteiger partial charge on any atom is -0.391 e. The van der Waals surface area contributed by atoms with Crippen LogP contribution in [0.15, 0.2) is 34.8 Å². The summed E-state index contributed by atoms with van der Waals surface area (Å²) in [5.41, 5.74) is 9.24. The maximum atomic E-state index is 5.47. The molecular formula is C8H12N2. The lowest BCUT2D eigenvalue weighted by Gasteiger charge is -1.95. The molecule has 2 N–H and O–H groups in total. The zero-order chi connectivity index (χ0) is 7.98. The third-order valence-corrected chi connectivity index (χ3v) is 1.01. The molecule has 0 aromatic carbocycles. The van der Waals surface area contributed by atoms with E-state index in [0.29, 0.717) is 5.70 Å². The van der Waals surface area contributed by atoms with Crippen molar-refractivity contribution in [2.75, 3.05) is 0 Å². The molecule has 0 saturated heterocycles. The fourth-order valence-corrected chi connectivity index (χ4v) is 0.529. The van der Waals surface area contributed by atoms with Crippen molar-refractivity contribution in [2.45, 2.75) is 13.8 Å². The van der Waals surface area contributed by atoms with Gasteiger partial charge in [0.15, 0.2) is 0 Å². The summed E-state index contributed by atoms with van der Waals surface area (Å²) in [6, 6.07) is 0. The first-order valence-electron chi connectivity index (χ1n) is 3.07. The maximum absolute atomic E-state index is 5.47. The number of allylic oxidation sites excluding steroid dienone is 1. The Morgan fingerprint density at radius 3 is 2.50 bits per heavy atom. The number of hydrogen-bond acceptors (Lipinski definition) is 2. The van der Waals surface area contributed by atoms with Crippen LogP contribution in [-0.4, -0.2) is 6.21 Å². The molecule has 0 atom stereocenters. The van der Waals surface area contributed by atoms with Crippen LogP contribution in [0.1, 0.15) is 13.8 Å². The van der Waals surface area contributed by atoms with Crippen molar-refractivity contribution in [1.29, 1.82) is 0 Å². The Labute approximate surface area is 61.5 Å². The van der Waals surface area contributed by atoms with Crippen LogP contribution in [0.3, 0.4) is 0 Å². The fourth-order valence-electron chi connectivity index (χ4n) is 0.529. The van der Waals surface area contributed by atoms with E-state index >= 15 is 0 Å². The number of aliphatic imine (C=N–C) groups is 1. The third kappa shape index (κ3) is 2.33. The van der Waals surface area contributed by atoms with Gasteiger partial charge in [0.05, 0.1) is 11.4 Å². The van der Waals surface area contributed by atoms with E-state index in [1.165, 1.54) is 0 Å². The molecule has 10 heavy (non-hydrogen) atoms. The van der Waals surface area contributed by atoms with Crippen molar-refractivity contribution in [3.8, 4) is 0 Å². The van der Waals surface area contributed by atoms with E-state index in [1.807, 2.05) is 19.9 Å². The van der Waals surface area contributed by atoms with Gasteiger partial charge in [-0.3, -0.25) is 4.99 Å². The van der Waals surface area contributed by atoms with Gasteiger partial charge in [-0.05, 0) is 13.8 Å². The first-order chi connectivity index (χ1) is 4.76. The van der Waals surface area contributed by atoms with E-state index in [-0.39, 0.29) is 0 Å². The van der Waals surface area contributed by atoms with E-state index in [2.05, 4.69) is 17.3 Å². The molecule has 0 spiro atoms. The first kappa shape index (κ1) is 8.73. The van der Waals surface area contributed by atoms with Crippen molar-refractivity contribution in [1.82, 2.24) is 0 Å². The lowest BCUT2D eigenvalue weighted by atomic mass is 10.3. The Balaban J connectivity index is 4.55. The average molecular weight is 136 g/mol. The molecule has 0 aliphatic carbocycles. The Morgan fingerprint density at radius 2 is 2.20 bits per heavy atom. The van der Waals surface area contributed by atoms with Gasteiger partial charge in [-0.1, -0.05) is 12.7 Å². The quantitative estimate of drug-likeness (QED) is 0.349. The lowest BCUT2D eigenvalue weighted by Crippen LogP contribution is -1.97. The molecule has 0 radical (unpaired) electrons. The summed E-state index contributed by atoms with van der Waals surface area (Å²) in [5, 5.41) is 0. The van der Waals surface area contributed by atoms with E-state index < -0.39 is 0 Å². The van der Waals surface area contributed by atoms with Gasteiger partial charge < -0.3 is 5.73 Å². The SMILES string of the molecule is C=C=C(N)C(=C/C)/N=C\C. The molecule has 0 aromatic heterocycles. The molecule has 2 nitrogen and oxygen atoms in total. The molecule has 54 valence electrons. The van der Waals surface area contributed by atoms with Crippen molar-refractivity contribution in [2.24, 2.45) is 10.7 Å². The highest BCUT2D eigenvalue weighted by molar-refractivity contribution is 5.56. The highest BCUT2D eigenvalue weighted by Gasteiger charge is 1.91. The maximum Gasteiger partial charge on any atom is 0.0999 e. The van der Waals surface area contributed by atoms with Gasteiger partial charge in [0.1, 0.15) is 0 Å². The molecule has 0 unspecified atom stereocenters. The Morgan fingerprint density at radius 1 is 1.60 bits per heavy atom. The van der Waals surface area contributed by atoms with Crippen molar-refractivity contribution >= 4 is 6.21 Å². The summed E-state index contributed by atoms with van der Waals surface area (Å²) >= 11 is 0. The minimum atomic E-state index is 0.487. The molecule has 0 rings (SSSR count). The van der Waals surface area contributed by atoms with Gasteiger partial charge >= 0.3 is 0 Å². The van der Waals surface area contributed by atoms with E-state index in [1.54, 1.807) is 6.21 Å². The Kier molecular flexibility index (Phi) is 4.01. The second-order valence-electron chi connectivity index (χ2n) is 1.65. The zero-order valence-corrected chi connectivity index (χ0v) is 6.39. The molecule has 0 aromatic rings. The molecule has 0 aliphatic rings. The number of nitrogens with two attached hydrogens (primary N) is 1. The van der Waals surface area contributed by atoms with Crippen LogP contribution in [0.4, 0.5) is 0 Å². The molecule has 0 fully saturated rings. The molecule has 0 amide bonds. The van der Waals surface area contributed by atoms with E-state index in [4.69, 9.17) is 5.73 Å². The van der Waals surface area contributed by atoms with Gasteiger partial charge in [0.2, 0.25) is 0 Å². The smallest absolute Gasteiger partial charge is 0.0999 e.